The largest absolute Gasteiger partial charge is 0.352 e. The molecule has 0 bridgehead atoms. The lowest BCUT2D eigenvalue weighted by atomic mass is 10.1. The molecule has 3 aromatic rings. The Kier molecular flexibility index (Phi) is 7.28. The predicted molar refractivity (Wildman–Crippen MR) is 145 cm³/mol. The first-order chi connectivity index (χ1) is 17.9. The molecule has 1 aliphatic heterocycles. The number of benzene rings is 2. The van der Waals surface area contributed by atoms with E-state index in [-0.39, 0.29) is 35.7 Å². The minimum Gasteiger partial charge on any atom is -0.352 e. The monoisotopic (exact) mass is 515 g/mol. The second kappa shape index (κ2) is 10.8. The number of rotatable bonds is 8. The summed E-state index contributed by atoms with van der Waals surface area (Å²) in [6.45, 7) is 1.96. The molecule has 2 heterocycles. The molecule has 1 N–H and O–H groups in total. The average molecular weight is 516 g/mol. The minimum atomic E-state index is -0.481. The molecule has 2 fully saturated rings. The summed E-state index contributed by atoms with van der Waals surface area (Å²) in [4.78, 5) is 52.5. The van der Waals surface area contributed by atoms with E-state index in [1.54, 1.807) is 36.4 Å². The number of aromatic nitrogens is 1. The number of carbonyl (C=O) groups is 4. The van der Waals surface area contributed by atoms with Crippen LogP contribution in [0.3, 0.4) is 0 Å². The van der Waals surface area contributed by atoms with Gasteiger partial charge in [0, 0.05) is 28.8 Å². The van der Waals surface area contributed by atoms with E-state index in [1.165, 1.54) is 0 Å². The maximum absolute atomic E-state index is 13.1. The number of aryl methyl sites for hydroxylation is 1. The molecule has 2 aliphatic rings. The van der Waals surface area contributed by atoms with Gasteiger partial charge in [-0.1, -0.05) is 68.3 Å². The number of carbonyl (C=O) groups excluding carboxylic acids is 4. The number of hydrogen-bond donors (Lipinski definition) is 1. The van der Waals surface area contributed by atoms with E-state index in [0.29, 0.717) is 5.56 Å². The van der Waals surface area contributed by atoms with Gasteiger partial charge in [-0.2, -0.15) is 0 Å². The highest BCUT2D eigenvalue weighted by atomic mass is 32.2. The topological polar surface area (TPSA) is 88.5 Å². The van der Waals surface area contributed by atoms with E-state index in [4.69, 9.17) is 0 Å². The summed E-state index contributed by atoms with van der Waals surface area (Å²) in [5, 5.41) is 3.60. The molecule has 0 spiro atoms. The van der Waals surface area contributed by atoms with Gasteiger partial charge in [-0.3, -0.25) is 24.1 Å². The first-order valence-corrected chi connectivity index (χ1v) is 13.5. The van der Waals surface area contributed by atoms with Crippen molar-refractivity contribution in [3.05, 3.63) is 76.3 Å². The average Bonchev–Trinajstić information content (AvgIpc) is 3.60. The van der Waals surface area contributed by atoms with Gasteiger partial charge in [0.1, 0.15) is 6.54 Å². The van der Waals surface area contributed by atoms with E-state index >= 15 is 0 Å². The summed E-state index contributed by atoms with van der Waals surface area (Å²) in [7, 11) is 0. The minimum absolute atomic E-state index is 0.0268. The first kappa shape index (κ1) is 25.0. The smallest absolute Gasteiger partial charge is 0.293 e. The molecule has 2 aromatic carbocycles. The van der Waals surface area contributed by atoms with Gasteiger partial charge in [0.15, 0.2) is 5.78 Å². The van der Waals surface area contributed by atoms with Gasteiger partial charge in [-0.25, -0.2) is 0 Å². The van der Waals surface area contributed by atoms with Crippen molar-refractivity contribution in [1.29, 1.82) is 0 Å². The number of hydrogen-bond acceptors (Lipinski definition) is 5. The Morgan fingerprint density at radius 1 is 1.03 bits per heavy atom. The van der Waals surface area contributed by atoms with Crippen LogP contribution in [0.4, 0.5) is 4.79 Å². The first-order valence-electron chi connectivity index (χ1n) is 12.7. The highest BCUT2D eigenvalue weighted by Crippen LogP contribution is 2.35. The van der Waals surface area contributed by atoms with Gasteiger partial charge in [0.25, 0.3) is 11.1 Å². The lowest BCUT2D eigenvalue weighted by molar-refractivity contribution is -0.123. The predicted octanol–water partition coefficient (Wildman–Crippen LogP) is 5.18. The highest BCUT2D eigenvalue weighted by molar-refractivity contribution is 8.18. The van der Waals surface area contributed by atoms with Gasteiger partial charge in [0.2, 0.25) is 5.91 Å². The number of nitrogens with one attached hydrogen (secondary N) is 1. The van der Waals surface area contributed by atoms with Crippen molar-refractivity contribution in [1.82, 2.24) is 14.8 Å². The van der Waals surface area contributed by atoms with Crippen molar-refractivity contribution in [3.8, 4) is 0 Å². The van der Waals surface area contributed by atoms with Crippen LogP contribution in [0, 0.1) is 0 Å². The molecule has 8 heteroatoms. The molecule has 5 rings (SSSR count). The van der Waals surface area contributed by atoms with Crippen molar-refractivity contribution >= 4 is 51.6 Å². The van der Waals surface area contributed by atoms with Crippen molar-refractivity contribution in [3.63, 3.8) is 0 Å². The van der Waals surface area contributed by atoms with E-state index in [2.05, 4.69) is 12.2 Å². The lowest BCUT2D eigenvalue weighted by Crippen LogP contribution is -2.35. The molecular weight excluding hydrogens is 486 g/mol. The van der Waals surface area contributed by atoms with Crippen molar-refractivity contribution in [2.45, 2.75) is 51.6 Å². The number of nitrogens with zero attached hydrogens (tertiary/aromatic N) is 2. The van der Waals surface area contributed by atoms with E-state index < -0.39 is 11.1 Å². The van der Waals surface area contributed by atoms with Crippen molar-refractivity contribution < 1.29 is 19.2 Å². The SMILES string of the molecule is CCc1cccc2c(/C=C3\SC(=O)N(CC(=O)c4ccccc4)C3=O)cn(CC(=O)NC3CCCC3)c12. The molecule has 190 valence electrons. The fourth-order valence-electron chi connectivity index (χ4n) is 5.13. The van der Waals surface area contributed by atoms with Gasteiger partial charge in [-0.05, 0) is 42.7 Å². The molecule has 0 atom stereocenters. The van der Waals surface area contributed by atoms with Crippen LogP contribution in [0.15, 0.2) is 59.6 Å². The van der Waals surface area contributed by atoms with Gasteiger partial charge in [-0.15, -0.1) is 0 Å². The molecule has 0 unspecified atom stereocenters. The second-order valence-electron chi connectivity index (χ2n) is 9.49. The maximum atomic E-state index is 13.1. The molecule has 3 amide bonds. The van der Waals surface area contributed by atoms with Gasteiger partial charge in [0.05, 0.1) is 17.0 Å². The highest BCUT2D eigenvalue weighted by Gasteiger charge is 2.36. The number of thioether (sulfide) groups is 1. The van der Waals surface area contributed by atoms with Crippen LogP contribution in [-0.4, -0.2) is 44.9 Å². The van der Waals surface area contributed by atoms with Crippen LogP contribution in [0.2, 0.25) is 0 Å². The Balaban J connectivity index is 1.42. The van der Waals surface area contributed by atoms with Crippen molar-refractivity contribution in [2.24, 2.45) is 0 Å². The summed E-state index contributed by atoms with van der Waals surface area (Å²) < 4.78 is 1.94. The quantitative estimate of drug-likeness (QED) is 0.330. The molecule has 1 aliphatic carbocycles. The summed E-state index contributed by atoms with van der Waals surface area (Å²) in [6, 6.07) is 14.8. The molecule has 1 saturated carbocycles. The third-order valence-corrected chi connectivity index (χ3v) is 7.89. The third-order valence-electron chi connectivity index (χ3n) is 6.99. The normalized spacial score (nSPS) is 17.3. The Morgan fingerprint density at radius 3 is 2.51 bits per heavy atom. The van der Waals surface area contributed by atoms with Crippen LogP contribution in [0.1, 0.15) is 54.1 Å². The fraction of sp³-hybridized carbons (Fsp3) is 0.310. The number of para-hydroxylation sites is 1. The summed E-state index contributed by atoms with van der Waals surface area (Å²) in [5.74, 6) is -0.798. The summed E-state index contributed by atoms with van der Waals surface area (Å²) >= 11 is 0.835. The van der Waals surface area contributed by atoms with E-state index in [0.717, 1.165) is 70.8 Å². The Bertz CT molecular complexity index is 1400. The fourth-order valence-corrected chi connectivity index (χ4v) is 5.95. The van der Waals surface area contributed by atoms with Crippen LogP contribution in [0.25, 0.3) is 17.0 Å². The summed E-state index contributed by atoms with van der Waals surface area (Å²) in [5.41, 5.74) is 3.28. The Labute approximate surface area is 219 Å². The van der Waals surface area contributed by atoms with Crippen LogP contribution in [-0.2, 0) is 22.6 Å². The molecule has 0 radical (unpaired) electrons. The van der Waals surface area contributed by atoms with E-state index in [1.807, 2.05) is 29.0 Å². The Hall–Kier alpha value is -3.65. The van der Waals surface area contributed by atoms with Crippen LogP contribution >= 0.6 is 11.8 Å². The number of imide groups is 1. The molecule has 1 saturated heterocycles. The zero-order valence-corrected chi connectivity index (χ0v) is 21.6. The molecule has 1 aromatic heterocycles. The number of fused-ring (bicyclic) bond motifs is 1. The van der Waals surface area contributed by atoms with Crippen LogP contribution in [0.5, 0.6) is 0 Å². The van der Waals surface area contributed by atoms with Crippen molar-refractivity contribution in [2.75, 3.05) is 6.54 Å². The molecular formula is C29H29N3O4S. The second-order valence-corrected chi connectivity index (χ2v) is 10.5. The number of amides is 3. The van der Waals surface area contributed by atoms with Gasteiger partial charge >= 0.3 is 0 Å². The molecule has 37 heavy (non-hydrogen) atoms. The third kappa shape index (κ3) is 5.25. The maximum Gasteiger partial charge on any atom is 0.293 e. The molecule has 7 nitrogen and oxygen atoms in total. The van der Waals surface area contributed by atoms with Crippen LogP contribution < -0.4 is 5.32 Å². The zero-order valence-electron chi connectivity index (χ0n) is 20.7. The van der Waals surface area contributed by atoms with E-state index in [9.17, 15) is 19.2 Å². The lowest BCUT2D eigenvalue weighted by Gasteiger charge is -2.13. The summed E-state index contributed by atoms with van der Waals surface area (Å²) in [6.07, 6.45) is 8.70. The Morgan fingerprint density at radius 2 is 1.78 bits per heavy atom. The standard InChI is InChI=1S/C29H29N3O4S/c1-2-19-11-8-14-23-21(16-31(27(19)23)18-26(34)30-22-12-6-7-13-22)15-25-28(35)32(29(36)37-25)17-24(33)20-9-4-3-5-10-20/h3-5,8-11,14-16,22H,2,6-7,12-13,17-18H2,1H3,(H,30,34)/b25-15-. The zero-order chi connectivity index (χ0) is 25.9. The number of Topliss-reactive ketones (excluding diaryl/α,β-unsaturated/α-hetero) is 1. The number of ketones is 1. The van der Waals surface area contributed by atoms with Gasteiger partial charge < -0.3 is 9.88 Å².